The first-order valence-corrected chi connectivity index (χ1v) is 6.67. The van der Waals surface area contributed by atoms with E-state index < -0.39 is 0 Å². The fourth-order valence-electron chi connectivity index (χ4n) is 1.52. The van der Waals surface area contributed by atoms with Crippen molar-refractivity contribution >= 4 is 17.3 Å². The average Bonchev–Trinajstić information content (AvgIpc) is 2.85. The van der Waals surface area contributed by atoms with Crippen LogP contribution in [0.3, 0.4) is 0 Å². The van der Waals surface area contributed by atoms with E-state index in [4.69, 9.17) is 4.74 Å². The highest BCUT2D eigenvalue weighted by Gasteiger charge is 2.10. The topological polar surface area (TPSA) is 58.5 Å². The van der Waals surface area contributed by atoms with Crippen molar-refractivity contribution in [3.05, 3.63) is 16.1 Å². The first-order valence-electron chi connectivity index (χ1n) is 5.79. The average molecular weight is 254 g/mol. The number of aromatic nitrogens is 1. The highest BCUT2D eigenvalue weighted by molar-refractivity contribution is 7.09. The lowest BCUT2D eigenvalue weighted by molar-refractivity contribution is 0.119. The lowest BCUT2D eigenvalue weighted by Gasteiger charge is -2.15. The van der Waals surface area contributed by atoms with Crippen LogP contribution in [0.4, 0.5) is 0 Å². The molecule has 0 saturated carbocycles. The van der Waals surface area contributed by atoms with Crippen LogP contribution >= 0.6 is 11.3 Å². The smallest absolute Gasteiger partial charge is 0.191 e. The van der Waals surface area contributed by atoms with Crippen LogP contribution in [0, 0.1) is 0 Å². The van der Waals surface area contributed by atoms with Crippen LogP contribution in [0.2, 0.25) is 0 Å². The Morgan fingerprint density at radius 1 is 1.65 bits per heavy atom. The maximum absolute atomic E-state index is 5.24. The number of rotatable bonds is 4. The van der Waals surface area contributed by atoms with Crippen molar-refractivity contribution in [2.75, 3.05) is 20.2 Å². The molecule has 2 N–H and O–H groups in total. The van der Waals surface area contributed by atoms with E-state index in [2.05, 4.69) is 26.0 Å². The Balaban J connectivity index is 1.86. The van der Waals surface area contributed by atoms with Gasteiger partial charge in [-0.15, -0.1) is 11.3 Å². The summed E-state index contributed by atoms with van der Waals surface area (Å²) in [5.41, 5.74) is 1.03. The van der Waals surface area contributed by atoms with Gasteiger partial charge in [0.25, 0.3) is 0 Å². The number of methoxy groups -OCH3 is 1. The van der Waals surface area contributed by atoms with Gasteiger partial charge in [0.15, 0.2) is 5.96 Å². The molecule has 0 aliphatic carbocycles. The highest BCUT2D eigenvalue weighted by Crippen LogP contribution is 2.20. The molecule has 1 aromatic heterocycles. The van der Waals surface area contributed by atoms with E-state index in [1.54, 1.807) is 18.4 Å². The molecule has 0 aromatic carbocycles. The largest absolute Gasteiger partial charge is 0.375 e. The third kappa shape index (κ3) is 3.41. The van der Waals surface area contributed by atoms with E-state index in [-0.39, 0.29) is 6.10 Å². The molecule has 0 saturated heterocycles. The van der Waals surface area contributed by atoms with Crippen molar-refractivity contribution in [2.24, 2.45) is 4.99 Å². The highest BCUT2D eigenvalue weighted by atomic mass is 32.1. The minimum absolute atomic E-state index is 0.0684. The summed E-state index contributed by atoms with van der Waals surface area (Å²) < 4.78 is 5.24. The van der Waals surface area contributed by atoms with E-state index >= 15 is 0 Å². The van der Waals surface area contributed by atoms with Gasteiger partial charge in [0.2, 0.25) is 0 Å². The molecule has 1 aliphatic heterocycles. The van der Waals surface area contributed by atoms with Crippen molar-refractivity contribution in [1.29, 1.82) is 0 Å². The molecule has 1 aliphatic rings. The SMILES string of the molecule is COC(C)c1nc(CNC2=NCCCN2)cs1. The van der Waals surface area contributed by atoms with Gasteiger partial charge in [0.05, 0.1) is 12.2 Å². The van der Waals surface area contributed by atoms with Crippen LogP contribution in [-0.2, 0) is 11.3 Å². The number of hydrogen-bond acceptors (Lipinski definition) is 6. The van der Waals surface area contributed by atoms with E-state index in [1.165, 1.54) is 0 Å². The van der Waals surface area contributed by atoms with Gasteiger partial charge < -0.3 is 15.4 Å². The van der Waals surface area contributed by atoms with Gasteiger partial charge in [-0.25, -0.2) is 4.98 Å². The molecule has 5 nitrogen and oxygen atoms in total. The van der Waals surface area contributed by atoms with Crippen molar-refractivity contribution < 1.29 is 4.74 Å². The van der Waals surface area contributed by atoms with Crippen LogP contribution in [0.15, 0.2) is 10.4 Å². The van der Waals surface area contributed by atoms with E-state index in [0.29, 0.717) is 6.54 Å². The predicted molar refractivity (Wildman–Crippen MR) is 69.3 cm³/mol. The molecule has 1 unspecified atom stereocenters. The zero-order valence-electron chi connectivity index (χ0n) is 10.2. The molecule has 2 heterocycles. The Bertz CT molecular complexity index is 391. The van der Waals surface area contributed by atoms with Gasteiger partial charge in [0, 0.05) is 25.6 Å². The Hall–Kier alpha value is -1.14. The molecule has 2 rings (SSSR count). The molecule has 94 valence electrons. The maximum atomic E-state index is 5.24. The number of hydrogen-bond donors (Lipinski definition) is 2. The van der Waals surface area contributed by atoms with Gasteiger partial charge in [-0.2, -0.15) is 0 Å². The van der Waals surface area contributed by atoms with Crippen molar-refractivity contribution in [2.45, 2.75) is 26.0 Å². The number of nitrogens with zero attached hydrogens (tertiary/aromatic N) is 2. The second kappa shape index (κ2) is 5.97. The maximum Gasteiger partial charge on any atom is 0.191 e. The van der Waals surface area contributed by atoms with Gasteiger partial charge in [0.1, 0.15) is 11.1 Å². The van der Waals surface area contributed by atoms with Crippen molar-refractivity contribution in [3.8, 4) is 0 Å². The first-order chi connectivity index (χ1) is 8.29. The number of aliphatic imine (C=N–C) groups is 1. The fraction of sp³-hybridized carbons (Fsp3) is 0.636. The molecule has 1 atom stereocenters. The monoisotopic (exact) mass is 254 g/mol. The second-order valence-corrected chi connectivity index (χ2v) is 4.81. The third-order valence-electron chi connectivity index (χ3n) is 2.61. The number of ether oxygens (including phenoxy) is 1. The molecule has 0 radical (unpaired) electrons. The minimum Gasteiger partial charge on any atom is -0.375 e. The number of nitrogens with one attached hydrogen (secondary N) is 2. The quantitative estimate of drug-likeness (QED) is 0.850. The normalized spacial score (nSPS) is 17.2. The number of thiazole rings is 1. The zero-order chi connectivity index (χ0) is 12.1. The zero-order valence-corrected chi connectivity index (χ0v) is 11.0. The van der Waals surface area contributed by atoms with Crippen molar-refractivity contribution in [3.63, 3.8) is 0 Å². The van der Waals surface area contributed by atoms with E-state index in [1.807, 2.05) is 6.92 Å². The lowest BCUT2D eigenvalue weighted by atomic mass is 10.4. The molecule has 6 heteroatoms. The van der Waals surface area contributed by atoms with Gasteiger partial charge in [-0.05, 0) is 13.3 Å². The summed E-state index contributed by atoms with van der Waals surface area (Å²) in [5, 5.41) is 9.54. The Morgan fingerprint density at radius 2 is 2.53 bits per heavy atom. The predicted octanol–water partition coefficient (Wildman–Crippen LogP) is 1.29. The van der Waals surface area contributed by atoms with Crippen LogP contribution in [0.1, 0.15) is 30.2 Å². The summed E-state index contributed by atoms with van der Waals surface area (Å²) in [6.45, 7) is 4.61. The standard InChI is InChI=1S/C11H18N4OS/c1-8(16-2)10-15-9(7-17-10)6-14-11-12-4-3-5-13-11/h7-8H,3-6H2,1-2H3,(H2,12,13,14). The van der Waals surface area contributed by atoms with E-state index in [9.17, 15) is 0 Å². The molecule has 17 heavy (non-hydrogen) atoms. The summed E-state index contributed by atoms with van der Waals surface area (Å²) in [5.74, 6) is 0.880. The summed E-state index contributed by atoms with van der Waals surface area (Å²) in [6.07, 6.45) is 1.18. The summed E-state index contributed by atoms with van der Waals surface area (Å²) in [6, 6.07) is 0. The molecule has 0 amide bonds. The summed E-state index contributed by atoms with van der Waals surface area (Å²) >= 11 is 1.63. The molecule has 0 bridgehead atoms. The second-order valence-electron chi connectivity index (χ2n) is 3.92. The van der Waals surface area contributed by atoms with Gasteiger partial charge in [-0.3, -0.25) is 4.99 Å². The molecular formula is C11H18N4OS. The van der Waals surface area contributed by atoms with Crippen LogP contribution < -0.4 is 10.6 Å². The molecule has 0 spiro atoms. The Kier molecular flexibility index (Phi) is 4.33. The molecule has 1 aromatic rings. The fourth-order valence-corrected chi connectivity index (χ4v) is 2.37. The summed E-state index contributed by atoms with van der Waals surface area (Å²) in [4.78, 5) is 8.86. The van der Waals surface area contributed by atoms with Gasteiger partial charge >= 0.3 is 0 Å². The van der Waals surface area contributed by atoms with Crippen molar-refractivity contribution in [1.82, 2.24) is 15.6 Å². The Morgan fingerprint density at radius 3 is 3.24 bits per heavy atom. The molecular weight excluding hydrogens is 236 g/mol. The Labute approximate surface area is 105 Å². The third-order valence-corrected chi connectivity index (χ3v) is 3.66. The van der Waals surface area contributed by atoms with Gasteiger partial charge in [-0.1, -0.05) is 0 Å². The number of guanidine groups is 1. The summed E-state index contributed by atoms with van der Waals surface area (Å²) in [7, 11) is 1.70. The lowest BCUT2D eigenvalue weighted by Crippen LogP contribution is -2.40. The van der Waals surface area contributed by atoms with Crippen LogP contribution in [0.5, 0.6) is 0 Å². The van der Waals surface area contributed by atoms with Crippen LogP contribution in [0.25, 0.3) is 0 Å². The first kappa shape index (κ1) is 12.3. The van der Waals surface area contributed by atoms with E-state index in [0.717, 1.165) is 36.2 Å². The minimum atomic E-state index is 0.0684. The molecule has 0 fully saturated rings. The van der Waals surface area contributed by atoms with Crippen LogP contribution in [-0.4, -0.2) is 31.1 Å².